The van der Waals surface area contributed by atoms with E-state index in [-0.39, 0.29) is 17.3 Å². The van der Waals surface area contributed by atoms with Gasteiger partial charge in [0, 0.05) is 18.9 Å². The number of carbonyl (C=O) groups is 1. The first-order chi connectivity index (χ1) is 11.3. The van der Waals surface area contributed by atoms with Crippen LogP contribution in [0.15, 0.2) is 47.8 Å². The van der Waals surface area contributed by atoms with Crippen molar-refractivity contribution >= 4 is 21.6 Å². The number of nitrogens with two attached hydrogens (primary N) is 1. The summed E-state index contributed by atoms with van der Waals surface area (Å²) in [6.07, 6.45) is 4.91. The van der Waals surface area contributed by atoms with Crippen LogP contribution in [0.25, 0.3) is 5.65 Å². The number of sulfonamides is 1. The third kappa shape index (κ3) is 3.26. The number of aryl methyl sites for hydroxylation is 1. The van der Waals surface area contributed by atoms with Gasteiger partial charge >= 0.3 is 0 Å². The number of benzene rings is 1. The Kier molecular flexibility index (Phi) is 4.04. The molecule has 0 aliphatic rings. The standard InChI is InChI=1S/C15H15N5O3S/c1-10-6-17-14-13(8-19-20(14)9-10)15(21)18-7-11-2-4-12(5-3-11)24(16,22)23/h2-6,8-9H,7H2,1H3,(H,18,21)(H2,16,22,23). The van der Waals surface area contributed by atoms with E-state index in [1.165, 1.54) is 18.3 Å². The van der Waals surface area contributed by atoms with E-state index in [4.69, 9.17) is 5.14 Å². The zero-order chi connectivity index (χ0) is 17.3. The first-order valence-electron chi connectivity index (χ1n) is 7.04. The van der Waals surface area contributed by atoms with Crippen LogP contribution in [0.4, 0.5) is 0 Å². The van der Waals surface area contributed by atoms with Crippen LogP contribution in [0.1, 0.15) is 21.5 Å². The molecule has 1 amide bonds. The molecule has 24 heavy (non-hydrogen) atoms. The summed E-state index contributed by atoms with van der Waals surface area (Å²) in [6, 6.07) is 5.99. The maximum absolute atomic E-state index is 12.3. The number of carbonyl (C=O) groups excluding carboxylic acids is 1. The highest BCUT2D eigenvalue weighted by Gasteiger charge is 2.14. The Labute approximate surface area is 138 Å². The van der Waals surface area contributed by atoms with Gasteiger partial charge in [0.1, 0.15) is 5.56 Å². The lowest BCUT2D eigenvalue weighted by Crippen LogP contribution is -2.23. The second-order valence-electron chi connectivity index (χ2n) is 5.33. The van der Waals surface area contributed by atoms with Crippen molar-refractivity contribution in [1.82, 2.24) is 19.9 Å². The molecule has 0 bridgehead atoms. The highest BCUT2D eigenvalue weighted by Crippen LogP contribution is 2.11. The Morgan fingerprint density at radius 1 is 1.25 bits per heavy atom. The molecule has 0 unspecified atom stereocenters. The van der Waals surface area contributed by atoms with E-state index >= 15 is 0 Å². The van der Waals surface area contributed by atoms with Crippen molar-refractivity contribution in [3.63, 3.8) is 0 Å². The van der Waals surface area contributed by atoms with Gasteiger partial charge in [0.05, 0.1) is 11.1 Å². The fraction of sp³-hybridized carbons (Fsp3) is 0.133. The normalized spacial score (nSPS) is 11.6. The Morgan fingerprint density at radius 3 is 2.62 bits per heavy atom. The van der Waals surface area contributed by atoms with Gasteiger partial charge in [-0.1, -0.05) is 12.1 Å². The zero-order valence-electron chi connectivity index (χ0n) is 12.8. The number of nitrogens with one attached hydrogen (secondary N) is 1. The fourth-order valence-corrected chi connectivity index (χ4v) is 2.72. The molecule has 9 heteroatoms. The van der Waals surface area contributed by atoms with Gasteiger partial charge < -0.3 is 5.32 Å². The Morgan fingerprint density at radius 2 is 1.96 bits per heavy atom. The van der Waals surface area contributed by atoms with Gasteiger partial charge in [-0.3, -0.25) is 4.79 Å². The predicted molar refractivity (Wildman–Crippen MR) is 86.7 cm³/mol. The second kappa shape index (κ2) is 6.02. The molecule has 3 rings (SSSR count). The molecule has 2 heterocycles. The summed E-state index contributed by atoms with van der Waals surface area (Å²) < 4.78 is 24.0. The van der Waals surface area contributed by atoms with Crippen LogP contribution in [0.3, 0.4) is 0 Å². The van der Waals surface area contributed by atoms with E-state index in [0.717, 1.165) is 11.1 Å². The molecule has 0 fully saturated rings. The molecular weight excluding hydrogens is 330 g/mol. The van der Waals surface area contributed by atoms with Gasteiger partial charge in [-0.05, 0) is 30.2 Å². The number of fused-ring (bicyclic) bond motifs is 1. The number of primary sulfonamides is 1. The molecule has 1 aromatic carbocycles. The molecule has 8 nitrogen and oxygen atoms in total. The minimum atomic E-state index is -3.72. The minimum absolute atomic E-state index is 0.0276. The maximum atomic E-state index is 12.3. The number of amides is 1. The first kappa shape index (κ1) is 16.1. The van der Waals surface area contributed by atoms with E-state index in [2.05, 4.69) is 15.4 Å². The van der Waals surface area contributed by atoms with Crippen LogP contribution >= 0.6 is 0 Å². The Hall–Kier alpha value is -2.78. The fourth-order valence-electron chi connectivity index (χ4n) is 2.20. The van der Waals surface area contributed by atoms with Crippen LogP contribution in [0.5, 0.6) is 0 Å². The summed E-state index contributed by atoms with van der Waals surface area (Å²) in [4.78, 5) is 16.5. The molecule has 3 N–H and O–H groups in total. The van der Waals surface area contributed by atoms with Crippen LogP contribution in [0.2, 0.25) is 0 Å². The van der Waals surface area contributed by atoms with Crippen LogP contribution in [0, 0.1) is 6.92 Å². The second-order valence-corrected chi connectivity index (χ2v) is 6.89. The molecular formula is C15H15N5O3S. The Balaban J connectivity index is 1.73. The molecule has 2 aromatic heterocycles. The lowest BCUT2D eigenvalue weighted by molar-refractivity contribution is 0.0952. The minimum Gasteiger partial charge on any atom is -0.348 e. The average molecular weight is 345 g/mol. The molecule has 0 aliphatic carbocycles. The number of aromatic nitrogens is 3. The van der Waals surface area contributed by atoms with Crippen molar-refractivity contribution in [3.05, 3.63) is 59.5 Å². The predicted octanol–water partition coefficient (Wildman–Crippen LogP) is 0.615. The highest BCUT2D eigenvalue weighted by molar-refractivity contribution is 7.89. The molecule has 0 saturated heterocycles. The molecule has 0 atom stereocenters. The maximum Gasteiger partial charge on any atom is 0.257 e. The summed E-state index contributed by atoms with van der Waals surface area (Å²) in [5.74, 6) is -0.308. The molecule has 0 radical (unpaired) electrons. The third-order valence-electron chi connectivity index (χ3n) is 3.44. The van der Waals surface area contributed by atoms with Crippen molar-refractivity contribution in [1.29, 1.82) is 0 Å². The number of hydrogen-bond acceptors (Lipinski definition) is 5. The quantitative estimate of drug-likeness (QED) is 0.718. The van der Waals surface area contributed by atoms with E-state index in [0.29, 0.717) is 11.2 Å². The third-order valence-corrected chi connectivity index (χ3v) is 4.36. The summed E-state index contributed by atoms with van der Waals surface area (Å²) in [5, 5.41) is 11.9. The van der Waals surface area contributed by atoms with Gasteiger partial charge in [0.2, 0.25) is 10.0 Å². The summed E-state index contributed by atoms with van der Waals surface area (Å²) in [6.45, 7) is 2.13. The van der Waals surface area contributed by atoms with Gasteiger partial charge in [-0.2, -0.15) is 5.10 Å². The van der Waals surface area contributed by atoms with Crippen LogP contribution < -0.4 is 10.5 Å². The largest absolute Gasteiger partial charge is 0.348 e. The van der Waals surface area contributed by atoms with Gasteiger partial charge in [-0.15, -0.1) is 0 Å². The summed E-state index contributed by atoms with van der Waals surface area (Å²) in [7, 11) is -3.72. The van der Waals surface area contributed by atoms with Crippen molar-refractivity contribution in [2.24, 2.45) is 5.14 Å². The molecule has 3 aromatic rings. The van der Waals surface area contributed by atoms with Crippen LogP contribution in [-0.4, -0.2) is 28.9 Å². The molecule has 0 spiro atoms. The summed E-state index contributed by atoms with van der Waals surface area (Å²) in [5.41, 5.74) is 2.53. The van der Waals surface area contributed by atoms with Gasteiger partial charge in [0.15, 0.2) is 5.65 Å². The highest BCUT2D eigenvalue weighted by atomic mass is 32.2. The number of rotatable bonds is 4. The molecule has 124 valence electrons. The van der Waals surface area contributed by atoms with E-state index in [1.807, 2.05) is 6.92 Å². The van der Waals surface area contributed by atoms with Crippen molar-refractivity contribution in [3.8, 4) is 0 Å². The number of nitrogens with zero attached hydrogens (tertiary/aromatic N) is 3. The molecule has 0 aliphatic heterocycles. The van der Waals surface area contributed by atoms with E-state index in [1.54, 1.807) is 29.0 Å². The Bertz CT molecular complexity index is 1010. The van der Waals surface area contributed by atoms with Crippen molar-refractivity contribution in [2.75, 3.05) is 0 Å². The average Bonchev–Trinajstić information content (AvgIpc) is 2.95. The summed E-state index contributed by atoms with van der Waals surface area (Å²) >= 11 is 0. The van der Waals surface area contributed by atoms with Gasteiger partial charge in [0.25, 0.3) is 5.91 Å². The van der Waals surface area contributed by atoms with Gasteiger partial charge in [-0.25, -0.2) is 23.1 Å². The lowest BCUT2D eigenvalue weighted by atomic mass is 10.2. The monoisotopic (exact) mass is 345 g/mol. The first-order valence-corrected chi connectivity index (χ1v) is 8.59. The SMILES string of the molecule is Cc1cnc2c(C(=O)NCc3ccc(S(N)(=O)=O)cc3)cnn2c1. The topological polar surface area (TPSA) is 119 Å². The van der Waals surface area contributed by atoms with E-state index < -0.39 is 10.0 Å². The smallest absolute Gasteiger partial charge is 0.257 e. The molecule has 0 saturated carbocycles. The van der Waals surface area contributed by atoms with Crippen molar-refractivity contribution < 1.29 is 13.2 Å². The van der Waals surface area contributed by atoms with Crippen molar-refractivity contribution in [2.45, 2.75) is 18.4 Å². The lowest BCUT2D eigenvalue weighted by Gasteiger charge is -2.05. The number of hydrogen-bond donors (Lipinski definition) is 2. The zero-order valence-corrected chi connectivity index (χ0v) is 13.6. The van der Waals surface area contributed by atoms with Crippen LogP contribution in [-0.2, 0) is 16.6 Å². The van der Waals surface area contributed by atoms with E-state index in [9.17, 15) is 13.2 Å².